The van der Waals surface area contributed by atoms with Gasteiger partial charge in [-0.15, -0.1) is 0 Å². The Morgan fingerprint density at radius 3 is 2.68 bits per heavy atom. The molecular formula is C26H34N2O6. The summed E-state index contributed by atoms with van der Waals surface area (Å²) >= 11 is 0. The number of para-hydroxylation sites is 1. The third-order valence-corrected chi connectivity index (χ3v) is 7.84. The smallest absolute Gasteiger partial charge is 0.359 e. The molecule has 1 aromatic carbocycles. The van der Waals surface area contributed by atoms with Gasteiger partial charge >= 0.3 is 11.9 Å². The molecule has 4 unspecified atom stereocenters. The van der Waals surface area contributed by atoms with Crippen LogP contribution in [0.1, 0.15) is 44.1 Å². The van der Waals surface area contributed by atoms with Crippen LogP contribution in [0, 0.1) is 11.3 Å². The van der Waals surface area contributed by atoms with Gasteiger partial charge < -0.3 is 29.5 Å². The summed E-state index contributed by atoms with van der Waals surface area (Å²) in [6, 6.07) is 7.71. The number of aliphatic hydroxyl groups excluding tert-OH is 1. The van der Waals surface area contributed by atoms with E-state index >= 15 is 0 Å². The number of piperidine rings is 1. The zero-order chi connectivity index (χ0) is 24.5. The lowest BCUT2D eigenvalue weighted by Gasteiger charge is -2.58. The lowest BCUT2D eigenvalue weighted by atomic mass is 9.60. The first-order valence-electron chi connectivity index (χ1n) is 11.9. The van der Waals surface area contributed by atoms with Crippen molar-refractivity contribution in [3.8, 4) is 0 Å². The van der Waals surface area contributed by atoms with Gasteiger partial charge in [0.25, 0.3) is 0 Å². The highest BCUT2D eigenvalue weighted by Gasteiger charge is 2.60. The average molecular weight is 471 g/mol. The van der Waals surface area contributed by atoms with Gasteiger partial charge in [0, 0.05) is 55.0 Å². The van der Waals surface area contributed by atoms with Crippen molar-refractivity contribution in [2.45, 2.75) is 44.2 Å². The number of hydrogen-bond acceptors (Lipinski definition) is 8. The molecule has 0 amide bonds. The van der Waals surface area contributed by atoms with E-state index < -0.39 is 23.1 Å². The van der Waals surface area contributed by atoms with Crippen LogP contribution in [0.25, 0.3) is 0 Å². The molecule has 3 aliphatic heterocycles. The highest BCUT2D eigenvalue weighted by molar-refractivity contribution is 5.87. The standard InChI is InChI=1S/C26H34N2O6/c1-4-25-11-7-12-27(13-10-23(30)33-2)15-18-14-22(20(25)16-29)28(21-9-6-5-8-19(18)21)26(32,17-25)24(31)34-3/h5-6,8-10,13-14,18,20,29,32H,4,7,11-12,15-17H2,1-3H3/b13-10+. The topological polar surface area (TPSA) is 99.5 Å². The van der Waals surface area contributed by atoms with E-state index in [1.807, 2.05) is 31.2 Å². The van der Waals surface area contributed by atoms with Gasteiger partial charge in [0.1, 0.15) is 0 Å². The van der Waals surface area contributed by atoms with Crippen LogP contribution < -0.4 is 4.90 Å². The number of aliphatic hydroxyl groups is 2. The first-order chi connectivity index (χ1) is 16.3. The molecule has 0 aromatic heterocycles. The van der Waals surface area contributed by atoms with Crippen LogP contribution in [0.3, 0.4) is 0 Å². The van der Waals surface area contributed by atoms with E-state index in [1.54, 1.807) is 11.1 Å². The van der Waals surface area contributed by atoms with Gasteiger partial charge in [-0.25, -0.2) is 9.59 Å². The molecule has 1 fully saturated rings. The zero-order valence-electron chi connectivity index (χ0n) is 20.1. The molecule has 1 aromatic rings. The summed E-state index contributed by atoms with van der Waals surface area (Å²) in [5.74, 6) is -1.39. The van der Waals surface area contributed by atoms with Crippen molar-refractivity contribution in [1.29, 1.82) is 0 Å². The number of rotatable bonds is 5. The highest BCUT2D eigenvalue weighted by Crippen LogP contribution is 2.57. The fourth-order valence-electron chi connectivity index (χ4n) is 6.13. The molecule has 0 saturated carbocycles. The van der Waals surface area contributed by atoms with Gasteiger partial charge in [0.05, 0.1) is 20.8 Å². The minimum Gasteiger partial charge on any atom is -0.466 e. The summed E-state index contributed by atoms with van der Waals surface area (Å²) in [6.07, 6.45) is 7.61. The predicted octanol–water partition coefficient (Wildman–Crippen LogP) is 2.53. The minimum absolute atomic E-state index is 0.0635. The number of benzene rings is 1. The maximum absolute atomic E-state index is 13.1. The van der Waals surface area contributed by atoms with Crippen molar-refractivity contribution in [2.75, 3.05) is 38.8 Å². The first kappa shape index (κ1) is 24.3. The van der Waals surface area contributed by atoms with Gasteiger partial charge in [-0.1, -0.05) is 31.2 Å². The molecule has 184 valence electrons. The largest absolute Gasteiger partial charge is 0.466 e. The van der Waals surface area contributed by atoms with Crippen LogP contribution in [0.2, 0.25) is 0 Å². The Hall–Kier alpha value is -2.84. The van der Waals surface area contributed by atoms with Gasteiger partial charge in [0.15, 0.2) is 0 Å². The quantitative estimate of drug-likeness (QED) is 0.500. The van der Waals surface area contributed by atoms with E-state index in [4.69, 9.17) is 9.47 Å². The molecular weight excluding hydrogens is 436 g/mol. The summed E-state index contributed by atoms with van der Waals surface area (Å²) in [5, 5.41) is 22.5. The molecule has 0 spiro atoms. The van der Waals surface area contributed by atoms with Crippen LogP contribution in [0.15, 0.2) is 48.3 Å². The van der Waals surface area contributed by atoms with Crippen molar-refractivity contribution in [3.05, 3.63) is 53.9 Å². The molecule has 8 heteroatoms. The van der Waals surface area contributed by atoms with Crippen molar-refractivity contribution < 1.29 is 29.3 Å². The second-order valence-corrected chi connectivity index (χ2v) is 9.47. The fraction of sp³-hybridized carbons (Fsp3) is 0.538. The van der Waals surface area contributed by atoms with Gasteiger partial charge in [0.2, 0.25) is 5.72 Å². The van der Waals surface area contributed by atoms with E-state index in [9.17, 15) is 19.8 Å². The molecule has 1 saturated heterocycles. The normalized spacial score (nSPS) is 30.6. The molecule has 3 aliphatic rings. The highest BCUT2D eigenvalue weighted by atomic mass is 16.5. The Kier molecular flexibility index (Phi) is 6.73. The van der Waals surface area contributed by atoms with Crippen molar-refractivity contribution in [1.82, 2.24) is 4.90 Å². The Bertz CT molecular complexity index is 1010. The van der Waals surface area contributed by atoms with Crippen LogP contribution in [-0.2, 0) is 19.1 Å². The Morgan fingerprint density at radius 1 is 1.24 bits per heavy atom. The summed E-state index contributed by atoms with van der Waals surface area (Å²) < 4.78 is 9.88. The van der Waals surface area contributed by atoms with Crippen molar-refractivity contribution >= 4 is 17.6 Å². The number of carbonyl (C=O) groups is 2. The Morgan fingerprint density at radius 2 is 2.00 bits per heavy atom. The average Bonchev–Trinajstić information content (AvgIpc) is 2.85. The van der Waals surface area contributed by atoms with Gasteiger partial charge in [-0.05, 0) is 36.3 Å². The zero-order valence-corrected chi connectivity index (χ0v) is 20.1. The maximum Gasteiger partial charge on any atom is 0.359 e. The number of methoxy groups -OCH3 is 2. The SMILES string of the molecule is CCC12CCCN(/C=C/C(=O)OC)CC3C=C(C1CO)N(c1ccccc13)C(O)(C(=O)OC)C2. The molecule has 4 atom stereocenters. The second kappa shape index (κ2) is 9.43. The number of anilines is 1. The van der Waals surface area contributed by atoms with Gasteiger partial charge in [-0.3, -0.25) is 0 Å². The van der Waals surface area contributed by atoms with Crippen LogP contribution >= 0.6 is 0 Å². The minimum atomic E-state index is -1.87. The Balaban J connectivity index is 1.91. The molecule has 3 bridgehead atoms. The fourth-order valence-corrected chi connectivity index (χ4v) is 6.13. The predicted molar refractivity (Wildman–Crippen MR) is 127 cm³/mol. The third-order valence-electron chi connectivity index (χ3n) is 7.84. The molecule has 4 rings (SSSR count). The maximum atomic E-state index is 13.1. The lowest BCUT2D eigenvalue weighted by Crippen LogP contribution is -2.65. The third kappa shape index (κ3) is 3.88. The number of esters is 2. The molecule has 0 aliphatic carbocycles. The second-order valence-electron chi connectivity index (χ2n) is 9.47. The molecule has 8 nitrogen and oxygen atoms in total. The van der Waals surface area contributed by atoms with Crippen LogP contribution in [0.5, 0.6) is 0 Å². The van der Waals surface area contributed by atoms with Gasteiger partial charge in [-0.2, -0.15) is 0 Å². The Labute approximate surface area is 200 Å². The molecule has 2 N–H and O–H groups in total. The molecule has 3 heterocycles. The first-order valence-corrected chi connectivity index (χ1v) is 11.9. The lowest BCUT2D eigenvalue weighted by molar-refractivity contribution is -0.171. The molecule has 0 radical (unpaired) electrons. The number of hydrogen-bond donors (Lipinski definition) is 2. The van der Waals surface area contributed by atoms with Crippen molar-refractivity contribution in [3.63, 3.8) is 0 Å². The van der Waals surface area contributed by atoms with Crippen LogP contribution in [-0.4, -0.2) is 66.7 Å². The monoisotopic (exact) mass is 470 g/mol. The summed E-state index contributed by atoms with van der Waals surface area (Å²) in [4.78, 5) is 28.6. The summed E-state index contributed by atoms with van der Waals surface area (Å²) in [7, 11) is 2.65. The summed E-state index contributed by atoms with van der Waals surface area (Å²) in [5.41, 5.74) is 0.0923. The van der Waals surface area contributed by atoms with E-state index in [2.05, 4.69) is 11.0 Å². The van der Waals surface area contributed by atoms with E-state index in [0.717, 1.165) is 23.4 Å². The van der Waals surface area contributed by atoms with E-state index in [1.165, 1.54) is 20.3 Å². The number of fused-ring (bicyclic) bond motifs is 5. The number of carbonyl (C=O) groups excluding carboxylic acids is 2. The summed E-state index contributed by atoms with van der Waals surface area (Å²) in [6.45, 7) is 3.27. The number of ether oxygens (including phenoxy) is 2. The van der Waals surface area contributed by atoms with Crippen LogP contribution in [0.4, 0.5) is 5.69 Å². The molecule has 34 heavy (non-hydrogen) atoms. The van der Waals surface area contributed by atoms with E-state index in [-0.39, 0.29) is 24.9 Å². The number of nitrogens with zero attached hydrogens (tertiary/aromatic N) is 2. The van der Waals surface area contributed by atoms with E-state index in [0.29, 0.717) is 25.9 Å². The van der Waals surface area contributed by atoms with Crippen molar-refractivity contribution in [2.24, 2.45) is 11.3 Å².